The number of aromatic nitrogens is 2. The number of guanidine groups is 1. The molecule has 9 heteroatoms. The molecule has 4 atom stereocenters. The number of allylic oxidation sites excluding steroid dienone is 1. The van der Waals surface area contributed by atoms with Crippen molar-refractivity contribution in [3.63, 3.8) is 0 Å². The lowest BCUT2D eigenvalue weighted by Gasteiger charge is -2.49. The van der Waals surface area contributed by atoms with Crippen molar-refractivity contribution in [1.29, 1.82) is 0 Å². The van der Waals surface area contributed by atoms with E-state index in [1.165, 1.54) is 11.1 Å². The normalized spacial score (nSPS) is 26.2. The summed E-state index contributed by atoms with van der Waals surface area (Å²) in [5, 5.41) is 6.25. The Bertz CT molecular complexity index is 1460. The molecule has 9 nitrogen and oxygen atoms in total. The zero-order valence-electron chi connectivity index (χ0n) is 26.5. The predicted molar refractivity (Wildman–Crippen MR) is 172 cm³/mol. The van der Waals surface area contributed by atoms with Crippen LogP contribution in [-0.4, -0.2) is 53.3 Å². The number of nitrogens with zero attached hydrogens (tertiary/aromatic N) is 5. The maximum absolute atomic E-state index is 13.4. The quantitative estimate of drug-likeness (QED) is 0.241. The Hall–Kier alpha value is -3.69. The molecule has 2 aliphatic heterocycles. The Balaban J connectivity index is 1.57. The highest BCUT2D eigenvalue weighted by atomic mass is 16.5. The first-order valence-electron chi connectivity index (χ1n) is 15.3. The third-order valence-electron chi connectivity index (χ3n) is 8.79. The number of pyridine rings is 2. The second-order valence-electron chi connectivity index (χ2n) is 12.6. The SMILES string of the molecule is C/C=N\C(=N/C1=C[C@@]2(C(CC)=C(C)C)COC(C)(C)C[C@H]2N1c1cccc(CNC)n1)NC(=O)[C@@H]1C[C@H]1c1cccnc1. The van der Waals surface area contributed by atoms with E-state index in [0.717, 1.165) is 36.3 Å². The van der Waals surface area contributed by atoms with Gasteiger partial charge in [0.2, 0.25) is 11.9 Å². The third-order valence-corrected chi connectivity index (χ3v) is 8.79. The monoisotopic (exact) mass is 583 g/mol. The van der Waals surface area contributed by atoms with Crippen LogP contribution in [0.3, 0.4) is 0 Å². The lowest BCUT2D eigenvalue weighted by Crippen LogP contribution is -2.54. The molecule has 0 radical (unpaired) electrons. The number of ether oxygens (including phenoxy) is 1. The number of hydrogen-bond acceptors (Lipinski definition) is 7. The molecule has 2 aromatic heterocycles. The van der Waals surface area contributed by atoms with Crippen LogP contribution in [0.4, 0.5) is 5.82 Å². The first-order chi connectivity index (χ1) is 20.6. The Morgan fingerprint density at radius 3 is 2.72 bits per heavy atom. The Kier molecular flexibility index (Phi) is 8.94. The first-order valence-corrected chi connectivity index (χ1v) is 15.3. The molecule has 0 bridgehead atoms. The van der Waals surface area contributed by atoms with E-state index in [1.807, 2.05) is 50.5 Å². The van der Waals surface area contributed by atoms with E-state index < -0.39 is 5.41 Å². The number of hydrogen-bond donors (Lipinski definition) is 2. The fourth-order valence-electron chi connectivity index (χ4n) is 6.78. The molecule has 0 spiro atoms. The number of fused-ring (bicyclic) bond motifs is 1. The van der Waals surface area contributed by atoms with Gasteiger partial charge >= 0.3 is 0 Å². The van der Waals surface area contributed by atoms with Crippen molar-refractivity contribution in [2.45, 2.75) is 84.9 Å². The average molecular weight is 584 g/mol. The van der Waals surface area contributed by atoms with Gasteiger partial charge in [0.05, 0.1) is 29.4 Å². The lowest BCUT2D eigenvalue weighted by atomic mass is 9.68. The number of carbonyl (C=O) groups is 1. The number of anilines is 1. The summed E-state index contributed by atoms with van der Waals surface area (Å²) in [5.41, 5.74) is 3.94. The number of amides is 1. The highest BCUT2D eigenvalue weighted by Gasteiger charge is 2.55. The van der Waals surface area contributed by atoms with Crippen molar-refractivity contribution in [3.05, 3.63) is 77.0 Å². The number of nitrogens with one attached hydrogen (secondary N) is 2. The van der Waals surface area contributed by atoms with Gasteiger partial charge in [-0.1, -0.05) is 30.2 Å². The number of rotatable bonds is 8. The van der Waals surface area contributed by atoms with Crippen LogP contribution in [0.1, 0.15) is 78.0 Å². The molecule has 0 aromatic carbocycles. The van der Waals surface area contributed by atoms with E-state index >= 15 is 0 Å². The van der Waals surface area contributed by atoms with Crippen molar-refractivity contribution in [2.75, 3.05) is 18.6 Å². The van der Waals surface area contributed by atoms with Gasteiger partial charge < -0.3 is 15.0 Å². The molecule has 2 N–H and O–H groups in total. The molecule has 1 saturated heterocycles. The van der Waals surface area contributed by atoms with Crippen molar-refractivity contribution in [1.82, 2.24) is 20.6 Å². The van der Waals surface area contributed by atoms with Crippen LogP contribution in [0, 0.1) is 11.3 Å². The summed E-state index contributed by atoms with van der Waals surface area (Å²) >= 11 is 0. The second-order valence-corrected chi connectivity index (χ2v) is 12.6. The highest BCUT2D eigenvalue weighted by Crippen LogP contribution is 2.53. The zero-order chi connectivity index (χ0) is 30.8. The minimum Gasteiger partial charge on any atom is -0.374 e. The minimum absolute atomic E-state index is 0.0261. The number of aliphatic imine (C=N–C) groups is 2. The first kappa shape index (κ1) is 30.8. The van der Waals surface area contributed by atoms with Crippen molar-refractivity contribution >= 4 is 23.9 Å². The molecule has 1 amide bonds. The van der Waals surface area contributed by atoms with Crippen molar-refractivity contribution in [2.24, 2.45) is 21.3 Å². The summed E-state index contributed by atoms with van der Waals surface area (Å²) in [5.74, 6) is 1.77. The van der Waals surface area contributed by atoms with Crippen molar-refractivity contribution in [3.8, 4) is 0 Å². The second kappa shape index (κ2) is 12.5. The Labute approximate surface area is 255 Å². The summed E-state index contributed by atoms with van der Waals surface area (Å²) in [6.45, 7) is 13.9. The van der Waals surface area contributed by atoms with Crippen LogP contribution >= 0.6 is 0 Å². The average Bonchev–Trinajstić information content (AvgIpc) is 3.72. The van der Waals surface area contributed by atoms with E-state index in [2.05, 4.69) is 66.2 Å². The summed E-state index contributed by atoms with van der Waals surface area (Å²) < 4.78 is 6.53. The fourth-order valence-corrected chi connectivity index (χ4v) is 6.78. The molecule has 228 valence electrons. The van der Waals surface area contributed by atoms with Gasteiger partial charge in [-0.05, 0) is 96.7 Å². The smallest absolute Gasteiger partial charge is 0.231 e. The van der Waals surface area contributed by atoms with E-state index in [0.29, 0.717) is 19.0 Å². The molecule has 3 aliphatic rings. The third kappa shape index (κ3) is 6.33. The van der Waals surface area contributed by atoms with Crippen LogP contribution in [0.2, 0.25) is 0 Å². The van der Waals surface area contributed by atoms with E-state index in [-0.39, 0.29) is 35.3 Å². The molecule has 2 fully saturated rings. The lowest BCUT2D eigenvalue weighted by molar-refractivity contribution is -0.121. The van der Waals surface area contributed by atoms with Gasteiger partial charge in [-0.2, -0.15) is 4.99 Å². The largest absolute Gasteiger partial charge is 0.374 e. The highest BCUT2D eigenvalue weighted by molar-refractivity contribution is 6.02. The zero-order valence-corrected chi connectivity index (χ0v) is 26.5. The van der Waals surface area contributed by atoms with Gasteiger partial charge in [-0.3, -0.25) is 15.1 Å². The molecule has 5 rings (SSSR count). The van der Waals surface area contributed by atoms with Crippen LogP contribution in [-0.2, 0) is 16.1 Å². The minimum atomic E-state index is -0.393. The van der Waals surface area contributed by atoms with Crippen LogP contribution in [0.25, 0.3) is 0 Å². The van der Waals surface area contributed by atoms with E-state index in [4.69, 9.17) is 14.7 Å². The summed E-state index contributed by atoms with van der Waals surface area (Å²) in [7, 11) is 1.92. The summed E-state index contributed by atoms with van der Waals surface area (Å²) in [4.78, 5) is 34.5. The van der Waals surface area contributed by atoms with Gasteiger partial charge in [-0.15, -0.1) is 0 Å². The van der Waals surface area contributed by atoms with E-state index in [9.17, 15) is 4.79 Å². The molecule has 1 aliphatic carbocycles. The molecule has 4 heterocycles. The van der Waals surface area contributed by atoms with E-state index in [1.54, 1.807) is 12.4 Å². The van der Waals surface area contributed by atoms with Gasteiger partial charge in [0.1, 0.15) is 11.6 Å². The Morgan fingerprint density at radius 1 is 1.23 bits per heavy atom. The number of carbonyl (C=O) groups excluding carboxylic acids is 1. The van der Waals surface area contributed by atoms with Crippen LogP contribution in [0.5, 0.6) is 0 Å². The maximum atomic E-state index is 13.4. The van der Waals surface area contributed by atoms with Crippen LogP contribution < -0.4 is 15.5 Å². The maximum Gasteiger partial charge on any atom is 0.231 e. The van der Waals surface area contributed by atoms with Crippen molar-refractivity contribution < 1.29 is 9.53 Å². The fraction of sp³-hybridized carbons (Fsp3) is 0.500. The topological polar surface area (TPSA) is 104 Å². The molecular weight excluding hydrogens is 538 g/mol. The molecular formula is C34H45N7O2. The van der Waals surface area contributed by atoms with Crippen LogP contribution in [0.15, 0.2) is 75.8 Å². The van der Waals surface area contributed by atoms with Gasteiger partial charge in [0.15, 0.2) is 0 Å². The molecule has 1 saturated carbocycles. The van der Waals surface area contributed by atoms with Gasteiger partial charge in [0, 0.05) is 31.1 Å². The molecule has 2 aromatic rings. The van der Waals surface area contributed by atoms with Gasteiger partial charge in [0.25, 0.3) is 0 Å². The standard InChI is InChI=1S/C34H45N7O2/c1-8-27(22(3)4)34-18-30(39-32(37-9-2)40-31(42)26-16-25(26)23-12-11-15-36-19-23)41(28(34)17-33(5,6)43-21-34)29-14-10-13-24(38-29)20-35-7/h9-15,18-19,25-26,28,35H,8,16-17,20-21H2,1-7H3,(H,39,40,42)/b37-9-/t25-,26+,28+,34-/m0/s1. The molecule has 43 heavy (non-hydrogen) atoms. The Morgan fingerprint density at radius 2 is 2.05 bits per heavy atom. The van der Waals surface area contributed by atoms with Gasteiger partial charge in [-0.25, -0.2) is 9.98 Å². The summed E-state index contributed by atoms with van der Waals surface area (Å²) in [6.07, 6.45) is 9.96. The summed E-state index contributed by atoms with van der Waals surface area (Å²) in [6, 6.07) is 10.1. The molecule has 0 unspecified atom stereocenters. The predicted octanol–water partition coefficient (Wildman–Crippen LogP) is 5.52.